The van der Waals surface area contributed by atoms with E-state index in [0.29, 0.717) is 22.4 Å². The molecule has 2 rings (SSSR count). The van der Waals surface area contributed by atoms with Crippen LogP contribution in [0.4, 0.5) is 5.82 Å². The molecule has 0 unspecified atom stereocenters. The molecule has 1 aromatic heterocycles. The van der Waals surface area contributed by atoms with Crippen molar-refractivity contribution >= 4 is 29.0 Å². The van der Waals surface area contributed by atoms with Gasteiger partial charge in [-0.25, -0.2) is 4.98 Å². The van der Waals surface area contributed by atoms with Gasteiger partial charge in [0.15, 0.2) is 0 Å². The standard InChI is InChI=1S/C10H9Cl2N3/c11-8-1-2-9(12)7(3-8)4-15-5-10(13)14-6-15/h1-3,5-6H,4,13H2. The van der Waals surface area contributed by atoms with Crippen LogP contribution in [0.3, 0.4) is 0 Å². The van der Waals surface area contributed by atoms with Gasteiger partial charge in [0, 0.05) is 16.2 Å². The maximum atomic E-state index is 6.03. The molecule has 2 N–H and O–H groups in total. The minimum Gasteiger partial charge on any atom is -0.382 e. The van der Waals surface area contributed by atoms with Gasteiger partial charge < -0.3 is 10.3 Å². The molecule has 0 aliphatic rings. The second-order valence-electron chi connectivity index (χ2n) is 3.21. The third-order valence-electron chi connectivity index (χ3n) is 2.01. The van der Waals surface area contributed by atoms with Gasteiger partial charge in [0.25, 0.3) is 0 Å². The van der Waals surface area contributed by atoms with Gasteiger partial charge in [0.1, 0.15) is 5.82 Å². The Bertz CT molecular complexity index is 479. The van der Waals surface area contributed by atoms with Gasteiger partial charge in [0.05, 0.1) is 12.9 Å². The molecule has 0 fully saturated rings. The van der Waals surface area contributed by atoms with E-state index in [9.17, 15) is 0 Å². The Morgan fingerprint density at radius 1 is 1.33 bits per heavy atom. The highest BCUT2D eigenvalue weighted by molar-refractivity contribution is 6.33. The predicted octanol–water partition coefficient (Wildman–Crippen LogP) is 2.82. The average Bonchev–Trinajstić information content (AvgIpc) is 2.58. The minimum absolute atomic E-state index is 0.494. The number of benzene rings is 1. The fraction of sp³-hybridized carbons (Fsp3) is 0.100. The van der Waals surface area contributed by atoms with Gasteiger partial charge in [-0.15, -0.1) is 0 Å². The number of nitrogens with two attached hydrogens (primary N) is 1. The number of aromatic nitrogens is 2. The summed E-state index contributed by atoms with van der Waals surface area (Å²) in [7, 11) is 0. The summed E-state index contributed by atoms with van der Waals surface area (Å²) < 4.78 is 1.85. The van der Waals surface area contributed by atoms with Crippen LogP contribution in [0.1, 0.15) is 5.56 Å². The Balaban J connectivity index is 2.27. The van der Waals surface area contributed by atoms with Crippen LogP contribution < -0.4 is 5.73 Å². The van der Waals surface area contributed by atoms with Crippen molar-refractivity contribution in [2.75, 3.05) is 5.73 Å². The van der Waals surface area contributed by atoms with Crippen LogP contribution in [0.2, 0.25) is 10.0 Å². The summed E-state index contributed by atoms with van der Waals surface area (Å²) in [5.74, 6) is 0.494. The molecule has 15 heavy (non-hydrogen) atoms. The smallest absolute Gasteiger partial charge is 0.141 e. The summed E-state index contributed by atoms with van der Waals surface area (Å²) in [6.45, 7) is 0.615. The van der Waals surface area contributed by atoms with Crippen LogP contribution in [0.5, 0.6) is 0 Å². The quantitative estimate of drug-likeness (QED) is 0.879. The lowest BCUT2D eigenvalue weighted by molar-refractivity contribution is 0.798. The molecule has 0 spiro atoms. The first-order valence-electron chi connectivity index (χ1n) is 4.36. The van der Waals surface area contributed by atoms with E-state index in [1.807, 2.05) is 10.6 Å². The fourth-order valence-electron chi connectivity index (χ4n) is 1.33. The molecular formula is C10H9Cl2N3. The SMILES string of the molecule is Nc1cn(Cc2cc(Cl)ccc2Cl)cn1. The molecule has 3 nitrogen and oxygen atoms in total. The molecule has 0 radical (unpaired) electrons. The van der Waals surface area contributed by atoms with Crippen molar-refractivity contribution in [1.82, 2.24) is 9.55 Å². The summed E-state index contributed by atoms with van der Waals surface area (Å²) in [5.41, 5.74) is 6.46. The van der Waals surface area contributed by atoms with Crippen LogP contribution in [-0.4, -0.2) is 9.55 Å². The van der Waals surface area contributed by atoms with Gasteiger partial charge >= 0.3 is 0 Å². The van der Waals surface area contributed by atoms with Crippen molar-refractivity contribution in [3.63, 3.8) is 0 Å². The molecule has 1 aromatic carbocycles. The molecule has 0 saturated heterocycles. The number of anilines is 1. The molecule has 5 heteroatoms. The molecule has 0 aliphatic carbocycles. The lowest BCUT2D eigenvalue weighted by Crippen LogP contribution is -1.97. The molecule has 0 amide bonds. The summed E-state index contributed by atoms with van der Waals surface area (Å²) in [6, 6.07) is 5.37. The van der Waals surface area contributed by atoms with E-state index >= 15 is 0 Å². The maximum Gasteiger partial charge on any atom is 0.141 e. The van der Waals surface area contributed by atoms with Crippen LogP contribution in [0.25, 0.3) is 0 Å². The highest BCUT2D eigenvalue weighted by Crippen LogP contribution is 2.21. The van der Waals surface area contributed by atoms with E-state index in [0.717, 1.165) is 5.56 Å². The molecule has 0 aliphatic heterocycles. The Morgan fingerprint density at radius 2 is 2.13 bits per heavy atom. The first kappa shape index (κ1) is 10.3. The minimum atomic E-state index is 0.494. The maximum absolute atomic E-state index is 6.03. The Kier molecular flexibility index (Phi) is 2.84. The third kappa shape index (κ3) is 2.43. The highest BCUT2D eigenvalue weighted by Gasteiger charge is 2.02. The van der Waals surface area contributed by atoms with Crippen molar-refractivity contribution in [2.45, 2.75) is 6.54 Å². The second kappa shape index (κ2) is 4.13. The van der Waals surface area contributed by atoms with Crippen molar-refractivity contribution < 1.29 is 0 Å². The van der Waals surface area contributed by atoms with Crippen molar-refractivity contribution in [3.8, 4) is 0 Å². The summed E-state index contributed by atoms with van der Waals surface area (Å²) in [4.78, 5) is 3.93. The topological polar surface area (TPSA) is 43.8 Å². The fourth-order valence-corrected chi connectivity index (χ4v) is 1.70. The van der Waals surface area contributed by atoms with Gasteiger partial charge in [-0.1, -0.05) is 23.2 Å². The van der Waals surface area contributed by atoms with E-state index in [-0.39, 0.29) is 0 Å². The molecule has 0 atom stereocenters. The molecule has 0 bridgehead atoms. The molecular weight excluding hydrogens is 233 g/mol. The lowest BCUT2D eigenvalue weighted by Gasteiger charge is -2.05. The van der Waals surface area contributed by atoms with Gasteiger partial charge in [0.2, 0.25) is 0 Å². The number of nitrogen functional groups attached to an aromatic ring is 1. The van der Waals surface area contributed by atoms with E-state index in [4.69, 9.17) is 28.9 Å². The molecule has 78 valence electrons. The van der Waals surface area contributed by atoms with E-state index in [1.165, 1.54) is 0 Å². The number of hydrogen-bond acceptors (Lipinski definition) is 2. The summed E-state index contributed by atoms with van der Waals surface area (Å²) in [5, 5.41) is 1.36. The summed E-state index contributed by atoms with van der Waals surface area (Å²) in [6.07, 6.45) is 3.41. The molecule has 0 saturated carbocycles. The normalized spacial score (nSPS) is 10.5. The first-order chi connectivity index (χ1) is 7.15. The van der Waals surface area contributed by atoms with Crippen LogP contribution in [0, 0.1) is 0 Å². The van der Waals surface area contributed by atoms with Gasteiger partial charge in [-0.3, -0.25) is 0 Å². The molecule has 2 aromatic rings. The van der Waals surface area contributed by atoms with E-state index < -0.39 is 0 Å². The predicted molar refractivity (Wildman–Crippen MR) is 62.2 cm³/mol. The number of hydrogen-bond donors (Lipinski definition) is 1. The number of rotatable bonds is 2. The van der Waals surface area contributed by atoms with Crippen molar-refractivity contribution in [1.29, 1.82) is 0 Å². The Labute approximate surface area is 97.4 Å². The molecule has 1 heterocycles. The third-order valence-corrected chi connectivity index (χ3v) is 2.62. The first-order valence-corrected chi connectivity index (χ1v) is 5.12. The van der Waals surface area contributed by atoms with Crippen LogP contribution in [0.15, 0.2) is 30.7 Å². The van der Waals surface area contributed by atoms with Crippen LogP contribution in [-0.2, 0) is 6.54 Å². The van der Waals surface area contributed by atoms with Gasteiger partial charge in [-0.05, 0) is 23.8 Å². The van der Waals surface area contributed by atoms with Crippen LogP contribution >= 0.6 is 23.2 Å². The highest BCUT2D eigenvalue weighted by atomic mass is 35.5. The lowest BCUT2D eigenvalue weighted by atomic mass is 10.2. The number of imidazole rings is 1. The average molecular weight is 242 g/mol. The zero-order chi connectivity index (χ0) is 10.8. The van der Waals surface area contributed by atoms with Crippen molar-refractivity contribution in [3.05, 3.63) is 46.3 Å². The Morgan fingerprint density at radius 3 is 2.80 bits per heavy atom. The largest absolute Gasteiger partial charge is 0.382 e. The number of nitrogens with zero attached hydrogens (tertiary/aromatic N) is 2. The summed E-state index contributed by atoms with van der Waals surface area (Å²) >= 11 is 11.9. The van der Waals surface area contributed by atoms with Crippen molar-refractivity contribution in [2.24, 2.45) is 0 Å². The van der Waals surface area contributed by atoms with Gasteiger partial charge in [-0.2, -0.15) is 0 Å². The second-order valence-corrected chi connectivity index (χ2v) is 4.05. The zero-order valence-corrected chi connectivity index (χ0v) is 9.33. The zero-order valence-electron chi connectivity index (χ0n) is 7.82. The number of halogens is 2. The van der Waals surface area contributed by atoms with E-state index in [1.54, 1.807) is 24.7 Å². The monoisotopic (exact) mass is 241 g/mol. The Hall–Kier alpha value is -1.19. The van der Waals surface area contributed by atoms with E-state index in [2.05, 4.69) is 4.98 Å².